The Morgan fingerprint density at radius 1 is 1.33 bits per heavy atom. The van der Waals surface area contributed by atoms with Gasteiger partial charge in [-0.2, -0.15) is 0 Å². The summed E-state index contributed by atoms with van der Waals surface area (Å²) in [6, 6.07) is 10.3. The molecule has 1 heterocycles. The van der Waals surface area contributed by atoms with E-state index in [1.54, 1.807) is 13.4 Å². The molecule has 0 aliphatic heterocycles. The first kappa shape index (κ1) is 12.7. The van der Waals surface area contributed by atoms with E-state index in [1.807, 2.05) is 24.3 Å². The molecule has 1 N–H and O–H groups in total. The average Bonchev–Trinajstić information content (AvgIpc) is 2.81. The summed E-state index contributed by atoms with van der Waals surface area (Å²) in [6.07, 6.45) is 1.72. The molecule has 1 unspecified atom stereocenters. The van der Waals surface area contributed by atoms with Crippen molar-refractivity contribution in [2.75, 3.05) is 7.11 Å². The summed E-state index contributed by atoms with van der Waals surface area (Å²) in [5.41, 5.74) is 2.39. The van der Waals surface area contributed by atoms with Gasteiger partial charge in [0.1, 0.15) is 11.5 Å². The van der Waals surface area contributed by atoms with Crippen LogP contribution in [0.3, 0.4) is 0 Å². The smallest absolute Gasteiger partial charge is 0.120 e. The van der Waals surface area contributed by atoms with Crippen LogP contribution in [-0.4, -0.2) is 7.11 Å². The molecule has 0 bridgehead atoms. The minimum atomic E-state index is 0.254. The molecule has 2 aromatic rings. The molecular formula is C15H19NO2. The Labute approximate surface area is 108 Å². The molecule has 18 heavy (non-hydrogen) atoms. The average molecular weight is 245 g/mol. The van der Waals surface area contributed by atoms with Crippen LogP contribution in [0.2, 0.25) is 0 Å². The van der Waals surface area contributed by atoms with Crippen LogP contribution in [0.4, 0.5) is 0 Å². The van der Waals surface area contributed by atoms with Gasteiger partial charge in [-0.3, -0.25) is 0 Å². The molecule has 3 nitrogen and oxygen atoms in total. The molecule has 0 saturated carbocycles. The highest BCUT2D eigenvalue weighted by Gasteiger charge is 2.08. The lowest BCUT2D eigenvalue weighted by Crippen LogP contribution is -2.18. The van der Waals surface area contributed by atoms with Crippen molar-refractivity contribution in [3.05, 3.63) is 53.5 Å². The van der Waals surface area contributed by atoms with Crippen LogP contribution in [0.1, 0.15) is 29.9 Å². The van der Waals surface area contributed by atoms with Gasteiger partial charge in [-0.1, -0.05) is 12.1 Å². The zero-order valence-electron chi connectivity index (χ0n) is 11.1. The summed E-state index contributed by atoms with van der Waals surface area (Å²) in [5.74, 6) is 1.88. The van der Waals surface area contributed by atoms with Gasteiger partial charge in [0.25, 0.3) is 0 Å². The number of hydrogen-bond donors (Lipinski definition) is 1. The van der Waals surface area contributed by atoms with E-state index >= 15 is 0 Å². The van der Waals surface area contributed by atoms with E-state index in [0.717, 1.165) is 18.1 Å². The number of benzene rings is 1. The Morgan fingerprint density at radius 2 is 2.17 bits per heavy atom. The first-order valence-corrected chi connectivity index (χ1v) is 6.11. The third kappa shape index (κ3) is 2.93. The number of methoxy groups -OCH3 is 1. The molecule has 0 aliphatic rings. The number of hydrogen-bond acceptors (Lipinski definition) is 3. The molecule has 96 valence electrons. The summed E-state index contributed by atoms with van der Waals surface area (Å²) in [4.78, 5) is 0. The van der Waals surface area contributed by atoms with E-state index in [-0.39, 0.29) is 6.04 Å². The van der Waals surface area contributed by atoms with Crippen LogP contribution in [0.25, 0.3) is 0 Å². The van der Waals surface area contributed by atoms with Crippen molar-refractivity contribution >= 4 is 0 Å². The number of furan rings is 1. The molecule has 0 fully saturated rings. The van der Waals surface area contributed by atoms with Crippen LogP contribution in [-0.2, 0) is 6.54 Å². The maximum Gasteiger partial charge on any atom is 0.120 e. The highest BCUT2D eigenvalue weighted by Crippen LogP contribution is 2.19. The van der Waals surface area contributed by atoms with Crippen molar-refractivity contribution in [2.45, 2.75) is 26.4 Å². The van der Waals surface area contributed by atoms with Gasteiger partial charge < -0.3 is 14.5 Å². The fourth-order valence-corrected chi connectivity index (χ4v) is 1.86. The molecular weight excluding hydrogens is 226 g/mol. The van der Waals surface area contributed by atoms with Crippen LogP contribution >= 0.6 is 0 Å². The van der Waals surface area contributed by atoms with Crippen LogP contribution in [0.5, 0.6) is 5.75 Å². The van der Waals surface area contributed by atoms with Gasteiger partial charge in [-0.25, -0.2) is 0 Å². The molecule has 0 aliphatic carbocycles. The van der Waals surface area contributed by atoms with E-state index in [9.17, 15) is 0 Å². The van der Waals surface area contributed by atoms with Gasteiger partial charge in [0, 0.05) is 6.04 Å². The maximum atomic E-state index is 5.41. The van der Waals surface area contributed by atoms with Crippen molar-refractivity contribution in [1.29, 1.82) is 0 Å². The lowest BCUT2D eigenvalue weighted by Gasteiger charge is -2.14. The second-order valence-corrected chi connectivity index (χ2v) is 4.41. The molecule has 1 atom stereocenters. The Balaban J connectivity index is 1.99. The summed E-state index contributed by atoms with van der Waals surface area (Å²) in [5, 5.41) is 3.44. The molecule has 1 aromatic heterocycles. The first-order chi connectivity index (χ1) is 8.70. The summed E-state index contributed by atoms with van der Waals surface area (Å²) < 4.78 is 10.6. The van der Waals surface area contributed by atoms with Crippen molar-refractivity contribution in [3.63, 3.8) is 0 Å². The van der Waals surface area contributed by atoms with Gasteiger partial charge in [0.05, 0.1) is 19.9 Å². The molecule has 1 aromatic carbocycles. The van der Waals surface area contributed by atoms with Gasteiger partial charge in [0.15, 0.2) is 0 Å². The molecule has 0 spiro atoms. The summed E-state index contributed by atoms with van der Waals surface area (Å²) in [7, 11) is 1.68. The zero-order valence-corrected chi connectivity index (χ0v) is 11.1. The minimum absolute atomic E-state index is 0.254. The number of aryl methyl sites for hydroxylation is 1. The molecule has 2 rings (SSSR count). The highest BCUT2D eigenvalue weighted by molar-refractivity contribution is 5.30. The second kappa shape index (κ2) is 5.74. The van der Waals surface area contributed by atoms with Gasteiger partial charge >= 0.3 is 0 Å². The third-order valence-electron chi connectivity index (χ3n) is 3.13. The summed E-state index contributed by atoms with van der Waals surface area (Å²) >= 11 is 0. The van der Waals surface area contributed by atoms with Crippen molar-refractivity contribution in [1.82, 2.24) is 5.32 Å². The van der Waals surface area contributed by atoms with Crippen LogP contribution in [0.15, 0.2) is 41.0 Å². The zero-order chi connectivity index (χ0) is 13.0. The van der Waals surface area contributed by atoms with Gasteiger partial charge in [-0.15, -0.1) is 0 Å². The van der Waals surface area contributed by atoms with Crippen molar-refractivity contribution < 1.29 is 9.15 Å². The predicted molar refractivity (Wildman–Crippen MR) is 71.7 cm³/mol. The van der Waals surface area contributed by atoms with Gasteiger partial charge in [-0.05, 0) is 43.2 Å². The predicted octanol–water partition coefficient (Wildman–Crippen LogP) is 3.45. The summed E-state index contributed by atoms with van der Waals surface area (Å²) in [6.45, 7) is 4.92. The Bertz CT molecular complexity index is 505. The van der Waals surface area contributed by atoms with Crippen molar-refractivity contribution in [2.24, 2.45) is 0 Å². The van der Waals surface area contributed by atoms with Crippen molar-refractivity contribution in [3.8, 4) is 5.75 Å². The number of nitrogens with one attached hydrogen (secondary N) is 1. The highest BCUT2D eigenvalue weighted by atomic mass is 16.5. The van der Waals surface area contributed by atoms with E-state index in [1.165, 1.54) is 11.1 Å². The largest absolute Gasteiger partial charge is 0.497 e. The Hall–Kier alpha value is -1.74. The normalized spacial score (nSPS) is 12.4. The quantitative estimate of drug-likeness (QED) is 0.876. The fourth-order valence-electron chi connectivity index (χ4n) is 1.86. The van der Waals surface area contributed by atoms with E-state index in [4.69, 9.17) is 9.15 Å². The fraction of sp³-hybridized carbons (Fsp3) is 0.333. The standard InChI is InChI=1S/C15H19NO2/c1-11-7-8-18-15(11)10-16-12(2)13-5-4-6-14(9-13)17-3/h4-9,12,16H,10H2,1-3H3. The van der Waals surface area contributed by atoms with E-state index in [2.05, 4.69) is 25.2 Å². The van der Waals surface area contributed by atoms with Gasteiger partial charge in [0.2, 0.25) is 0 Å². The topological polar surface area (TPSA) is 34.4 Å². The SMILES string of the molecule is COc1cccc(C(C)NCc2occc2C)c1. The number of ether oxygens (including phenoxy) is 1. The molecule has 0 amide bonds. The monoisotopic (exact) mass is 245 g/mol. The molecule has 0 saturated heterocycles. The third-order valence-corrected chi connectivity index (χ3v) is 3.13. The van der Waals surface area contributed by atoms with Crippen LogP contribution in [0, 0.1) is 6.92 Å². The second-order valence-electron chi connectivity index (χ2n) is 4.41. The van der Waals surface area contributed by atoms with Crippen LogP contribution < -0.4 is 10.1 Å². The molecule has 0 radical (unpaired) electrons. The lowest BCUT2D eigenvalue weighted by atomic mass is 10.1. The first-order valence-electron chi connectivity index (χ1n) is 6.11. The van der Waals surface area contributed by atoms with E-state index < -0.39 is 0 Å². The molecule has 3 heteroatoms. The maximum absolute atomic E-state index is 5.41. The minimum Gasteiger partial charge on any atom is -0.497 e. The Morgan fingerprint density at radius 3 is 2.83 bits per heavy atom. The Kier molecular flexibility index (Phi) is 4.05. The lowest BCUT2D eigenvalue weighted by molar-refractivity contribution is 0.412. The number of rotatable bonds is 5. The van der Waals surface area contributed by atoms with E-state index in [0.29, 0.717) is 0 Å².